The summed E-state index contributed by atoms with van der Waals surface area (Å²) < 4.78 is 0.799. The van der Waals surface area contributed by atoms with E-state index in [4.69, 9.17) is 0 Å². The lowest BCUT2D eigenvalue weighted by Crippen LogP contribution is -2.10. The molecule has 0 amide bonds. The summed E-state index contributed by atoms with van der Waals surface area (Å²) in [5, 5.41) is 19.7. The van der Waals surface area contributed by atoms with Crippen LogP contribution in [0.5, 0.6) is 5.75 Å². The van der Waals surface area contributed by atoms with Gasteiger partial charge in [0, 0.05) is 5.92 Å². The second-order valence-electron chi connectivity index (χ2n) is 6.37. The largest absolute Gasteiger partial charge is 0.506 e. The summed E-state index contributed by atoms with van der Waals surface area (Å²) in [7, 11) is 0. The molecule has 3 rings (SSSR count). The maximum atomic E-state index is 11.2. The number of fused-ring (bicyclic) bond motifs is 1. The van der Waals surface area contributed by atoms with Crippen molar-refractivity contribution < 1.29 is 15.0 Å². The first-order chi connectivity index (χ1) is 10.1. The van der Waals surface area contributed by atoms with Crippen LogP contribution >= 0.6 is 15.9 Å². The highest BCUT2D eigenvalue weighted by atomic mass is 79.9. The molecule has 0 aliphatic heterocycles. The van der Waals surface area contributed by atoms with Gasteiger partial charge in [0.05, 0.1) is 10.9 Å². The highest BCUT2D eigenvalue weighted by Crippen LogP contribution is 2.49. The molecule has 0 spiro atoms. The van der Waals surface area contributed by atoms with E-state index in [9.17, 15) is 15.0 Å². The van der Waals surface area contributed by atoms with E-state index in [2.05, 4.69) is 22.0 Å². The van der Waals surface area contributed by atoms with Crippen LogP contribution in [0, 0.1) is 5.92 Å². The number of carboxylic acid groups (broad SMARTS) is 1. The maximum absolute atomic E-state index is 11.2. The minimum atomic E-state index is -0.780. The fraction of sp³-hybridized carbons (Fsp3) is 0.588. The number of carboxylic acids is 1. The van der Waals surface area contributed by atoms with Crippen LogP contribution in [0.25, 0.3) is 0 Å². The lowest BCUT2D eigenvalue weighted by atomic mass is 9.87. The second-order valence-corrected chi connectivity index (χ2v) is 7.16. The number of halogens is 1. The van der Waals surface area contributed by atoms with Gasteiger partial charge in [-0.3, -0.25) is 4.79 Å². The van der Waals surface area contributed by atoms with Gasteiger partial charge in [-0.2, -0.15) is 0 Å². The van der Waals surface area contributed by atoms with Crippen molar-refractivity contribution in [1.29, 1.82) is 0 Å². The van der Waals surface area contributed by atoms with Crippen LogP contribution in [-0.2, 0) is 17.6 Å². The Hall–Kier alpha value is -1.03. The topological polar surface area (TPSA) is 57.5 Å². The van der Waals surface area contributed by atoms with Gasteiger partial charge in [0.1, 0.15) is 5.75 Å². The smallest absolute Gasteiger partial charge is 0.303 e. The summed E-state index contributed by atoms with van der Waals surface area (Å²) in [5.41, 5.74) is 3.36. The molecule has 2 aliphatic carbocycles. The zero-order valence-corrected chi connectivity index (χ0v) is 13.7. The van der Waals surface area contributed by atoms with Crippen molar-refractivity contribution in [1.82, 2.24) is 0 Å². The van der Waals surface area contributed by atoms with Gasteiger partial charge in [0.2, 0.25) is 0 Å². The molecule has 1 aromatic rings. The number of aromatic hydroxyl groups is 1. The van der Waals surface area contributed by atoms with Crippen LogP contribution < -0.4 is 0 Å². The minimum absolute atomic E-state index is 0.0487. The fourth-order valence-electron chi connectivity index (χ4n) is 3.54. The normalized spacial score (nSPS) is 19.7. The average Bonchev–Trinajstić information content (AvgIpc) is 3.26. The third-order valence-electron chi connectivity index (χ3n) is 4.82. The molecule has 1 atom stereocenters. The van der Waals surface area contributed by atoms with E-state index in [0.29, 0.717) is 5.92 Å². The molecular weight excluding hydrogens is 332 g/mol. The van der Waals surface area contributed by atoms with Crippen molar-refractivity contribution in [3.63, 3.8) is 0 Å². The number of rotatable bonds is 4. The number of aliphatic carboxylic acids is 1. The second kappa shape index (κ2) is 5.99. The summed E-state index contributed by atoms with van der Waals surface area (Å²) in [5.74, 6) is -0.138. The highest BCUT2D eigenvalue weighted by Gasteiger charge is 2.36. The first-order valence-electron chi connectivity index (χ1n) is 7.83. The van der Waals surface area contributed by atoms with Gasteiger partial charge in [-0.05, 0) is 77.1 Å². The van der Waals surface area contributed by atoms with Crippen LogP contribution in [-0.4, -0.2) is 16.2 Å². The van der Waals surface area contributed by atoms with Crippen molar-refractivity contribution in [2.45, 2.75) is 57.3 Å². The van der Waals surface area contributed by atoms with E-state index in [1.165, 1.54) is 24.0 Å². The molecular formula is C17H21BrO3. The Labute approximate surface area is 133 Å². The summed E-state index contributed by atoms with van der Waals surface area (Å²) in [6, 6.07) is 2.09. The van der Waals surface area contributed by atoms with E-state index in [1.54, 1.807) is 0 Å². The zero-order chi connectivity index (χ0) is 15.0. The Morgan fingerprint density at radius 2 is 2.00 bits per heavy atom. The molecule has 1 aromatic carbocycles. The first-order valence-corrected chi connectivity index (χ1v) is 8.62. The quantitative estimate of drug-likeness (QED) is 0.790. The molecule has 2 N–H and O–H groups in total. The van der Waals surface area contributed by atoms with Gasteiger partial charge in [0.25, 0.3) is 0 Å². The van der Waals surface area contributed by atoms with Gasteiger partial charge in [-0.15, -0.1) is 0 Å². The molecule has 0 saturated heterocycles. The lowest BCUT2D eigenvalue weighted by Gasteiger charge is -2.20. The van der Waals surface area contributed by atoms with E-state index in [-0.39, 0.29) is 18.1 Å². The lowest BCUT2D eigenvalue weighted by molar-refractivity contribution is -0.137. The number of carbonyl (C=O) groups is 1. The molecule has 0 aromatic heterocycles. The predicted octanol–water partition coefficient (Wildman–Crippen LogP) is 4.39. The van der Waals surface area contributed by atoms with Crippen LogP contribution in [0.4, 0.5) is 0 Å². The Kier molecular flexibility index (Phi) is 4.25. The molecule has 0 radical (unpaired) electrons. The Balaban J connectivity index is 2.03. The average molecular weight is 353 g/mol. The maximum Gasteiger partial charge on any atom is 0.303 e. The van der Waals surface area contributed by atoms with Gasteiger partial charge in [0.15, 0.2) is 0 Å². The Bertz CT molecular complexity index is 564. The van der Waals surface area contributed by atoms with Crippen molar-refractivity contribution in [3.8, 4) is 5.75 Å². The zero-order valence-electron chi connectivity index (χ0n) is 12.1. The SMILES string of the molecule is O=C(O)CC(c1cc2c(c(Br)c1O)CCCCC2)C1CC1. The summed E-state index contributed by atoms with van der Waals surface area (Å²) in [4.78, 5) is 11.2. The van der Waals surface area contributed by atoms with Gasteiger partial charge >= 0.3 is 5.97 Å². The number of phenols is 1. The summed E-state index contributed by atoms with van der Waals surface area (Å²) in [6.07, 6.45) is 7.85. The van der Waals surface area contributed by atoms with Gasteiger partial charge < -0.3 is 10.2 Å². The Morgan fingerprint density at radius 3 is 2.67 bits per heavy atom. The van der Waals surface area contributed by atoms with Gasteiger partial charge in [-0.1, -0.05) is 12.5 Å². The molecule has 21 heavy (non-hydrogen) atoms. The van der Waals surface area contributed by atoms with E-state index in [1.807, 2.05) is 0 Å². The van der Waals surface area contributed by atoms with Crippen molar-refractivity contribution in [2.75, 3.05) is 0 Å². The molecule has 4 heteroatoms. The van der Waals surface area contributed by atoms with Crippen LogP contribution in [0.1, 0.15) is 61.1 Å². The number of hydrogen-bond donors (Lipinski definition) is 2. The Morgan fingerprint density at radius 1 is 1.29 bits per heavy atom. The van der Waals surface area contributed by atoms with E-state index in [0.717, 1.165) is 42.1 Å². The molecule has 1 fully saturated rings. The molecule has 1 saturated carbocycles. The predicted molar refractivity (Wildman–Crippen MR) is 84.8 cm³/mol. The monoisotopic (exact) mass is 352 g/mol. The highest BCUT2D eigenvalue weighted by molar-refractivity contribution is 9.10. The third-order valence-corrected chi connectivity index (χ3v) is 5.68. The third kappa shape index (κ3) is 3.10. The number of benzene rings is 1. The molecule has 0 bridgehead atoms. The van der Waals surface area contributed by atoms with Crippen molar-refractivity contribution in [3.05, 3.63) is 27.2 Å². The van der Waals surface area contributed by atoms with Gasteiger partial charge in [-0.25, -0.2) is 0 Å². The number of phenolic OH excluding ortho intramolecular Hbond substituents is 1. The van der Waals surface area contributed by atoms with E-state index >= 15 is 0 Å². The molecule has 1 unspecified atom stereocenters. The van der Waals surface area contributed by atoms with Crippen molar-refractivity contribution >= 4 is 21.9 Å². The molecule has 0 heterocycles. The first kappa shape index (κ1) is 14.9. The summed E-state index contributed by atoms with van der Waals surface area (Å²) >= 11 is 3.56. The molecule has 114 valence electrons. The number of aryl methyl sites for hydroxylation is 1. The van der Waals surface area contributed by atoms with E-state index < -0.39 is 5.97 Å². The standard InChI is InChI=1S/C17H21BrO3/c18-16-12-5-3-1-2-4-11(12)8-14(17(16)21)13(9-15(19)20)10-6-7-10/h8,10,13,21H,1-7,9H2,(H,19,20). The summed E-state index contributed by atoms with van der Waals surface area (Å²) in [6.45, 7) is 0. The number of hydrogen-bond acceptors (Lipinski definition) is 2. The fourth-order valence-corrected chi connectivity index (χ4v) is 4.22. The minimum Gasteiger partial charge on any atom is -0.506 e. The molecule has 3 nitrogen and oxygen atoms in total. The van der Waals surface area contributed by atoms with Crippen LogP contribution in [0.3, 0.4) is 0 Å². The van der Waals surface area contributed by atoms with Crippen LogP contribution in [0.2, 0.25) is 0 Å². The van der Waals surface area contributed by atoms with Crippen molar-refractivity contribution in [2.24, 2.45) is 5.92 Å². The molecule has 2 aliphatic rings. The van der Waals surface area contributed by atoms with Crippen LogP contribution in [0.15, 0.2) is 10.5 Å².